The third-order valence-electron chi connectivity index (χ3n) is 4.15. The fraction of sp³-hybridized carbons (Fsp3) is 0.733. The molecule has 1 amide bonds. The zero-order valence-electron chi connectivity index (χ0n) is 12.8. The smallest absolute Gasteiger partial charge is 0.249 e. The lowest BCUT2D eigenvalue weighted by molar-refractivity contribution is -0.132. The van der Waals surface area contributed by atoms with Crippen LogP contribution >= 0.6 is 11.3 Å². The fourth-order valence-electron chi connectivity index (χ4n) is 3.26. The normalized spacial score (nSPS) is 29.0. The summed E-state index contributed by atoms with van der Waals surface area (Å²) in [4.78, 5) is 19.0. The van der Waals surface area contributed by atoms with Crippen LogP contribution in [0.1, 0.15) is 37.4 Å². The molecule has 3 atom stereocenters. The van der Waals surface area contributed by atoms with Crippen LogP contribution in [0.3, 0.4) is 0 Å². The van der Waals surface area contributed by atoms with E-state index in [1.807, 2.05) is 20.8 Å². The molecule has 0 spiro atoms. The van der Waals surface area contributed by atoms with E-state index in [9.17, 15) is 4.79 Å². The van der Waals surface area contributed by atoms with E-state index < -0.39 is 0 Å². The first-order chi connectivity index (χ1) is 10.0. The predicted octanol–water partition coefficient (Wildman–Crippen LogP) is 1.71. The molecule has 0 aliphatic carbocycles. The molecule has 0 aromatic carbocycles. The number of likely N-dealkylation sites (tertiary alicyclic amines) is 1. The van der Waals surface area contributed by atoms with E-state index in [4.69, 9.17) is 4.74 Å². The van der Waals surface area contributed by atoms with Crippen molar-refractivity contribution in [2.24, 2.45) is 0 Å². The maximum atomic E-state index is 12.1. The first-order valence-electron chi connectivity index (χ1n) is 7.64. The summed E-state index contributed by atoms with van der Waals surface area (Å²) in [6, 6.07) is 0.519. The van der Waals surface area contributed by atoms with Crippen molar-refractivity contribution in [1.82, 2.24) is 15.2 Å². The molecular formula is C15H23N3O2S. The number of nitrogens with one attached hydrogen (secondary N) is 1. The highest BCUT2D eigenvalue weighted by molar-refractivity contribution is 7.09. The number of thiazole rings is 1. The summed E-state index contributed by atoms with van der Waals surface area (Å²) in [5.74, 6) is 0.0313. The molecule has 1 N–H and O–H groups in total. The van der Waals surface area contributed by atoms with Crippen LogP contribution in [0.5, 0.6) is 0 Å². The van der Waals surface area contributed by atoms with E-state index >= 15 is 0 Å². The number of nitrogens with zero attached hydrogens (tertiary/aromatic N) is 2. The monoisotopic (exact) mass is 309 g/mol. The van der Waals surface area contributed by atoms with Crippen molar-refractivity contribution >= 4 is 17.2 Å². The van der Waals surface area contributed by atoms with Crippen LogP contribution in [0.15, 0.2) is 5.38 Å². The topological polar surface area (TPSA) is 54.5 Å². The van der Waals surface area contributed by atoms with Crippen molar-refractivity contribution in [1.29, 1.82) is 0 Å². The standard InChI is InChI=1S/C15H23N3O2S/c1-9(2)16-15(19)14-6-12-13(20-14)4-5-18(12)7-11-8-21-10(3)17-11/h8-9,12-14H,4-7H2,1-3H3,(H,16,19)/t12-,13-,14-/m0/s1. The highest BCUT2D eigenvalue weighted by Gasteiger charge is 2.45. The van der Waals surface area contributed by atoms with Crippen LogP contribution < -0.4 is 5.32 Å². The third kappa shape index (κ3) is 3.27. The first-order valence-corrected chi connectivity index (χ1v) is 8.52. The Labute approximate surface area is 129 Å². The molecule has 0 radical (unpaired) electrons. The Balaban J connectivity index is 1.60. The number of aromatic nitrogens is 1. The SMILES string of the molecule is Cc1nc(CN2CC[C@@H]3O[C@H](C(=O)NC(C)C)C[C@@H]32)cs1. The van der Waals surface area contributed by atoms with Crippen LogP contribution in [0.2, 0.25) is 0 Å². The summed E-state index contributed by atoms with van der Waals surface area (Å²) in [6.07, 6.45) is 1.72. The molecule has 1 aromatic rings. The molecule has 2 saturated heterocycles. The van der Waals surface area contributed by atoms with Gasteiger partial charge in [-0.3, -0.25) is 9.69 Å². The second-order valence-electron chi connectivity index (χ2n) is 6.25. The number of fused-ring (bicyclic) bond motifs is 1. The van der Waals surface area contributed by atoms with Crippen molar-refractivity contribution in [3.05, 3.63) is 16.1 Å². The molecule has 6 heteroatoms. The number of amides is 1. The van der Waals surface area contributed by atoms with Crippen molar-refractivity contribution in [3.63, 3.8) is 0 Å². The summed E-state index contributed by atoms with van der Waals surface area (Å²) in [5.41, 5.74) is 1.13. The Morgan fingerprint density at radius 1 is 1.62 bits per heavy atom. The van der Waals surface area contributed by atoms with Gasteiger partial charge >= 0.3 is 0 Å². The lowest BCUT2D eigenvalue weighted by atomic mass is 10.1. The van der Waals surface area contributed by atoms with Gasteiger partial charge in [0.25, 0.3) is 0 Å². The molecule has 0 bridgehead atoms. The summed E-state index contributed by atoms with van der Waals surface area (Å²) < 4.78 is 5.95. The van der Waals surface area contributed by atoms with Crippen molar-refractivity contribution in [2.45, 2.75) is 64.4 Å². The molecule has 3 heterocycles. The molecule has 2 aliphatic heterocycles. The quantitative estimate of drug-likeness (QED) is 0.920. The molecule has 3 rings (SSSR count). The average molecular weight is 309 g/mol. The second-order valence-corrected chi connectivity index (χ2v) is 7.31. The number of hydrogen-bond donors (Lipinski definition) is 1. The van der Waals surface area contributed by atoms with Gasteiger partial charge in [0, 0.05) is 37.0 Å². The lowest BCUT2D eigenvalue weighted by Gasteiger charge is -2.21. The van der Waals surface area contributed by atoms with Gasteiger partial charge in [0.2, 0.25) is 5.91 Å². The Morgan fingerprint density at radius 2 is 2.43 bits per heavy atom. The van der Waals surface area contributed by atoms with E-state index in [1.165, 1.54) is 0 Å². The van der Waals surface area contributed by atoms with Gasteiger partial charge in [-0.25, -0.2) is 4.98 Å². The minimum atomic E-state index is -0.289. The van der Waals surface area contributed by atoms with Gasteiger partial charge in [-0.05, 0) is 27.2 Å². The van der Waals surface area contributed by atoms with Gasteiger partial charge in [-0.1, -0.05) is 0 Å². The first kappa shape index (κ1) is 14.9. The summed E-state index contributed by atoms with van der Waals surface area (Å²) in [5, 5.41) is 6.18. The molecular weight excluding hydrogens is 286 g/mol. The molecule has 5 nitrogen and oxygen atoms in total. The van der Waals surface area contributed by atoms with Crippen molar-refractivity contribution in [3.8, 4) is 0 Å². The molecule has 0 saturated carbocycles. The maximum absolute atomic E-state index is 12.1. The molecule has 21 heavy (non-hydrogen) atoms. The highest BCUT2D eigenvalue weighted by Crippen LogP contribution is 2.34. The molecule has 116 valence electrons. The average Bonchev–Trinajstić information content (AvgIpc) is 3.06. The van der Waals surface area contributed by atoms with Crippen LogP contribution in [-0.4, -0.2) is 46.6 Å². The Bertz CT molecular complexity index is 517. The van der Waals surface area contributed by atoms with Gasteiger partial charge in [0.05, 0.1) is 16.8 Å². The zero-order valence-corrected chi connectivity index (χ0v) is 13.7. The van der Waals surface area contributed by atoms with E-state index in [0.29, 0.717) is 6.04 Å². The minimum absolute atomic E-state index is 0.0313. The number of aryl methyl sites for hydroxylation is 1. The van der Waals surface area contributed by atoms with Crippen molar-refractivity contribution < 1.29 is 9.53 Å². The Kier molecular flexibility index (Phi) is 4.28. The van der Waals surface area contributed by atoms with E-state index in [-0.39, 0.29) is 24.2 Å². The Hall–Kier alpha value is -0.980. The summed E-state index contributed by atoms with van der Waals surface area (Å²) in [6.45, 7) is 7.89. The van der Waals surface area contributed by atoms with Crippen LogP contribution in [0.4, 0.5) is 0 Å². The summed E-state index contributed by atoms with van der Waals surface area (Å²) >= 11 is 1.69. The molecule has 2 aliphatic rings. The number of ether oxygens (including phenoxy) is 1. The molecule has 0 unspecified atom stereocenters. The number of carbonyl (C=O) groups excluding carboxylic acids is 1. The van der Waals surface area contributed by atoms with Crippen molar-refractivity contribution in [2.75, 3.05) is 6.54 Å². The van der Waals surface area contributed by atoms with Gasteiger partial charge in [-0.2, -0.15) is 0 Å². The maximum Gasteiger partial charge on any atom is 0.249 e. The Morgan fingerprint density at radius 3 is 3.10 bits per heavy atom. The van der Waals surface area contributed by atoms with E-state index in [2.05, 4.69) is 20.6 Å². The van der Waals surface area contributed by atoms with Gasteiger partial charge < -0.3 is 10.1 Å². The third-order valence-corrected chi connectivity index (χ3v) is 4.97. The van der Waals surface area contributed by atoms with Crippen LogP contribution in [0.25, 0.3) is 0 Å². The lowest BCUT2D eigenvalue weighted by Crippen LogP contribution is -2.39. The minimum Gasteiger partial charge on any atom is -0.363 e. The largest absolute Gasteiger partial charge is 0.363 e. The van der Waals surface area contributed by atoms with Gasteiger partial charge in [0.15, 0.2) is 0 Å². The van der Waals surface area contributed by atoms with E-state index in [1.54, 1.807) is 11.3 Å². The number of rotatable bonds is 4. The second kappa shape index (κ2) is 6.02. The zero-order chi connectivity index (χ0) is 15.0. The van der Waals surface area contributed by atoms with Gasteiger partial charge in [-0.15, -0.1) is 11.3 Å². The number of carbonyl (C=O) groups is 1. The van der Waals surface area contributed by atoms with Gasteiger partial charge in [0.1, 0.15) is 6.10 Å². The van der Waals surface area contributed by atoms with Crippen LogP contribution in [-0.2, 0) is 16.1 Å². The predicted molar refractivity (Wildman–Crippen MR) is 82.2 cm³/mol. The molecule has 1 aromatic heterocycles. The summed E-state index contributed by atoms with van der Waals surface area (Å²) in [7, 11) is 0. The highest BCUT2D eigenvalue weighted by atomic mass is 32.1. The van der Waals surface area contributed by atoms with Crippen LogP contribution in [0, 0.1) is 6.92 Å². The van der Waals surface area contributed by atoms with E-state index in [0.717, 1.165) is 36.6 Å². The molecule has 2 fully saturated rings. The fourth-order valence-corrected chi connectivity index (χ4v) is 3.87. The number of hydrogen-bond acceptors (Lipinski definition) is 5.